The standard InChI is InChI=1S/C24H25N3O.BrH/c1-3-17-28-23-15-13-22(14-16-23)27-24(25-18-20-7-5-4-6-8-20)26-21-11-9-19(2)10-12-21;/h3-16H,1,17-18H2,2H3,(H2,25,26,27);1H. The van der Waals surface area contributed by atoms with Gasteiger partial charge in [-0.05, 0) is 36.8 Å². The van der Waals surface area contributed by atoms with Crippen molar-refractivity contribution in [2.45, 2.75) is 13.5 Å². The molecular formula is C24H26BrN3O. The number of nitrogens with one attached hydrogen (secondary N) is 1. The molecule has 4 nitrogen and oxygen atoms in total. The summed E-state index contributed by atoms with van der Waals surface area (Å²) in [5.41, 5.74) is 4.47. The first-order valence-corrected chi connectivity index (χ1v) is 9.33. The van der Waals surface area contributed by atoms with Gasteiger partial charge in [0.15, 0.2) is 0 Å². The minimum Gasteiger partial charge on any atom is -1.00 e. The molecule has 3 aromatic rings. The van der Waals surface area contributed by atoms with Crippen LogP contribution in [0.4, 0.5) is 11.4 Å². The summed E-state index contributed by atoms with van der Waals surface area (Å²) in [5, 5.41) is 5.47. The Balaban J connectivity index is 0.00000300. The van der Waals surface area contributed by atoms with Crippen molar-refractivity contribution < 1.29 is 27.0 Å². The van der Waals surface area contributed by atoms with Crippen LogP contribution in [0.2, 0.25) is 0 Å². The Morgan fingerprint density at radius 3 is 2.34 bits per heavy atom. The van der Waals surface area contributed by atoms with Crippen LogP contribution in [-0.4, -0.2) is 12.6 Å². The minimum absolute atomic E-state index is 0. The largest absolute Gasteiger partial charge is 1.00 e. The van der Waals surface area contributed by atoms with Crippen LogP contribution >= 0.6 is 0 Å². The summed E-state index contributed by atoms with van der Waals surface area (Å²) in [6.45, 7) is 6.87. The third-order valence-corrected chi connectivity index (χ3v) is 4.15. The molecule has 0 amide bonds. The van der Waals surface area contributed by atoms with Crippen molar-refractivity contribution in [1.29, 1.82) is 0 Å². The van der Waals surface area contributed by atoms with Gasteiger partial charge in [0.05, 0.1) is 6.54 Å². The molecule has 0 aromatic heterocycles. The fourth-order valence-corrected chi connectivity index (χ4v) is 2.64. The Labute approximate surface area is 183 Å². The number of ether oxygens (including phenoxy) is 1. The molecule has 29 heavy (non-hydrogen) atoms. The second kappa shape index (κ2) is 11.8. The number of quaternary nitrogens is 1. The number of rotatable bonds is 7. The van der Waals surface area contributed by atoms with Gasteiger partial charge < -0.3 is 21.7 Å². The summed E-state index contributed by atoms with van der Waals surface area (Å²) in [6, 6.07) is 26.5. The zero-order valence-corrected chi connectivity index (χ0v) is 18.1. The maximum atomic E-state index is 5.55. The lowest BCUT2D eigenvalue weighted by Crippen LogP contribution is -3.00. The predicted molar refractivity (Wildman–Crippen MR) is 116 cm³/mol. The number of hydrogen-bond acceptors (Lipinski definition) is 2. The summed E-state index contributed by atoms with van der Waals surface area (Å²) in [6.07, 6.45) is 1.74. The van der Waals surface area contributed by atoms with Gasteiger partial charge in [0.2, 0.25) is 0 Å². The highest BCUT2D eigenvalue weighted by Crippen LogP contribution is 2.13. The third kappa shape index (κ3) is 7.56. The van der Waals surface area contributed by atoms with E-state index in [2.05, 4.69) is 55.2 Å². The minimum atomic E-state index is 0. The first kappa shape index (κ1) is 22.4. The SMILES string of the molecule is C=CCOc1ccc([NH2+]C(=NCc2ccccc2)Nc2ccc(C)cc2)cc1.[Br-]. The maximum Gasteiger partial charge on any atom is 0.304 e. The molecule has 0 unspecified atom stereocenters. The molecule has 3 N–H and O–H groups in total. The molecular weight excluding hydrogens is 426 g/mol. The summed E-state index contributed by atoms with van der Waals surface area (Å²) >= 11 is 0. The number of hydrogen-bond donors (Lipinski definition) is 2. The van der Waals surface area contributed by atoms with Crippen LogP contribution in [0.15, 0.2) is 96.5 Å². The van der Waals surface area contributed by atoms with Crippen molar-refractivity contribution in [3.63, 3.8) is 0 Å². The fraction of sp³-hybridized carbons (Fsp3) is 0.125. The van der Waals surface area contributed by atoms with Crippen molar-refractivity contribution in [3.8, 4) is 5.75 Å². The first-order chi connectivity index (χ1) is 13.7. The van der Waals surface area contributed by atoms with Gasteiger partial charge in [0, 0.05) is 17.8 Å². The molecule has 0 heterocycles. The van der Waals surface area contributed by atoms with E-state index in [1.54, 1.807) is 6.08 Å². The predicted octanol–water partition coefficient (Wildman–Crippen LogP) is 1.43. The molecule has 5 heteroatoms. The molecule has 0 spiro atoms. The average molecular weight is 452 g/mol. The van der Waals surface area contributed by atoms with Gasteiger partial charge in [-0.1, -0.05) is 60.7 Å². The number of guanidine groups is 1. The topological polar surface area (TPSA) is 50.2 Å². The lowest BCUT2D eigenvalue weighted by Gasteiger charge is -2.09. The Morgan fingerprint density at radius 1 is 1.00 bits per heavy atom. The van der Waals surface area contributed by atoms with E-state index in [0.29, 0.717) is 13.2 Å². The molecule has 0 saturated heterocycles. The van der Waals surface area contributed by atoms with E-state index in [-0.39, 0.29) is 17.0 Å². The van der Waals surface area contributed by atoms with Gasteiger partial charge in [0.1, 0.15) is 18.0 Å². The van der Waals surface area contributed by atoms with Gasteiger partial charge in [0.25, 0.3) is 0 Å². The van der Waals surface area contributed by atoms with Crippen LogP contribution in [-0.2, 0) is 6.54 Å². The summed E-state index contributed by atoms with van der Waals surface area (Å²) in [5.74, 6) is 1.64. The molecule has 0 saturated carbocycles. The Morgan fingerprint density at radius 2 is 1.69 bits per heavy atom. The Bertz CT molecular complexity index is 907. The highest BCUT2D eigenvalue weighted by atomic mass is 79.9. The van der Waals surface area contributed by atoms with Gasteiger partial charge in [-0.3, -0.25) is 5.32 Å². The zero-order chi connectivity index (χ0) is 19.6. The van der Waals surface area contributed by atoms with E-state index in [1.807, 2.05) is 47.8 Å². The van der Waals surface area contributed by atoms with E-state index >= 15 is 0 Å². The lowest BCUT2D eigenvalue weighted by atomic mass is 10.2. The van der Waals surface area contributed by atoms with Crippen LogP contribution in [0.5, 0.6) is 5.75 Å². The number of aliphatic imine (C=N–C) groups is 1. The Hall–Kier alpha value is -2.89. The van der Waals surface area contributed by atoms with Gasteiger partial charge in [-0.2, -0.15) is 0 Å². The van der Waals surface area contributed by atoms with Crippen molar-refractivity contribution in [1.82, 2.24) is 0 Å². The van der Waals surface area contributed by atoms with E-state index in [9.17, 15) is 0 Å². The van der Waals surface area contributed by atoms with E-state index in [0.717, 1.165) is 23.1 Å². The maximum absolute atomic E-state index is 5.55. The highest BCUT2D eigenvalue weighted by molar-refractivity contribution is 5.87. The van der Waals surface area contributed by atoms with E-state index in [4.69, 9.17) is 9.73 Å². The van der Waals surface area contributed by atoms with Gasteiger partial charge in [-0.25, -0.2) is 10.3 Å². The number of halogens is 1. The molecule has 0 bridgehead atoms. The second-order valence-corrected chi connectivity index (χ2v) is 6.49. The molecule has 0 aliphatic heterocycles. The Kier molecular flexibility index (Phi) is 9.15. The molecule has 3 rings (SSSR count). The molecule has 0 fully saturated rings. The molecule has 0 aliphatic carbocycles. The molecule has 3 aromatic carbocycles. The van der Waals surface area contributed by atoms with Crippen molar-refractivity contribution in [2.24, 2.45) is 4.99 Å². The highest BCUT2D eigenvalue weighted by Gasteiger charge is 2.08. The molecule has 150 valence electrons. The van der Waals surface area contributed by atoms with E-state index in [1.165, 1.54) is 11.1 Å². The summed E-state index contributed by atoms with van der Waals surface area (Å²) in [4.78, 5) is 4.78. The van der Waals surface area contributed by atoms with Crippen molar-refractivity contribution in [2.75, 3.05) is 11.9 Å². The number of benzene rings is 3. The monoisotopic (exact) mass is 451 g/mol. The van der Waals surface area contributed by atoms with Crippen molar-refractivity contribution in [3.05, 3.63) is 103 Å². The lowest BCUT2D eigenvalue weighted by molar-refractivity contribution is -0.444. The van der Waals surface area contributed by atoms with E-state index < -0.39 is 0 Å². The number of aryl methyl sites for hydroxylation is 1. The van der Waals surface area contributed by atoms with Gasteiger partial charge >= 0.3 is 5.96 Å². The quantitative estimate of drug-likeness (QED) is 0.247. The average Bonchev–Trinajstić information content (AvgIpc) is 2.74. The smallest absolute Gasteiger partial charge is 0.304 e. The third-order valence-electron chi connectivity index (χ3n) is 4.15. The molecule has 0 radical (unpaired) electrons. The summed E-state index contributed by atoms with van der Waals surface area (Å²) < 4.78 is 5.55. The number of anilines is 1. The summed E-state index contributed by atoms with van der Waals surface area (Å²) in [7, 11) is 0. The van der Waals surface area contributed by atoms with Crippen LogP contribution in [0, 0.1) is 6.92 Å². The fourth-order valence-electron chi connectivity index (χ4n) is 2.64. The molecule has 0 atom stereocenters. The van der Waals surface area contributed by atoms with Crippen LogP contribution in [0.25, 0.3) is 0 Å². The molecule has 0 aliphatic rings. The number of nitrogens with zero attached hydrogens (tertiary/aromatic N) is 1. The zero-order valence-electron chi connectivity index (χ0n) is 16.5. The van der Waals surface area contributed by atoms with Gasteiger partial charge in [-0.15, -0.1) is 0 Å². The normalized spacial score (nSPS) is 10.7. The van der Waals surface area contributed by atoms with Crippen LogP contribution < -0.4 is 32.4 Å². The van der Waals surface area contributed by atoms with Crippen LogP contribution in [0.1, 0.15) is 11.1 Å². The van der Waals surface area contributed by atoms with Crippen molar-refractivity contribution >= 4 is 17.3 Å². The van der Waals surface area contributed by atoms with Crippen LogP contribution in [0.3, 0.4) is 0 Å². The first-order valence-electron chi connectivity index (χ1n) is 9.33. The number of nitrogens with two attached hydrogens (primary N) is 1. The second-order valence-electron chi connectivity index (χ2n) is 6.49.